The fourth-order valence-corrected chi connectivity index (χ4v) is 3.35. The van der Waals surface area contributed by atoms with Crippen molar-refractivity contribution in [3.63, 3.8) is 0 Å². The van der Waals surface area contributed by atoms with Gasteiger partial charge in [-0.3, -0.25) is 4.79 Å². The van der Waals surface area contributed by atoms with E-state index >= 15 is 0 Å². The Labute approximate surface area is 142 Å². The van der Waals surface area contributed by atoms with Crippen molar-refractivity contribution in [2.24, 2.45) is 0 Å². The van der Waals surface area contributed by atoms with Crippen molar-refractivity contribution >= 4 is 21.6 Å². The van der Waals surface area contributed by atoms with Crippen LogP contribution in [0.3, 0.4) is 0 Å². The molecule has 2 heterocycles. The van der Waals surface area contributed by atoms with Crippen molar-refractivity contribution in [3.8, 4) is 0 Å². The Balaban J connectivity index is 1.71. The lowest BCUT2D eigenvalue weighted by molar-refractivity contribution is -0.00103. The number of benzene rings is 1. The largest absolute Gasteiger partial charge is 0.388 e. The first-order chi connectivity index (χ1) is 11.0. The number of piperidine rings is 1. The summed E-state index contributed by atoms with van der Waals surface area (Å²) in [5, 5.41) is 10.8. The number of aliphatic hydroxyl groups is 1. The van der Waals surface area contributed by atoms with Gasteiger partial charge in [0.2, 0.25) is 0 Å². The molecule has 23 heavy (non-hydrogen) atoms. The molecule has 3 rings (SSSR count). The number of para-hydroxylation sites is 1. The molecule has 1 aromatic heterocycles. The van der Waals surface area contributed by atoms with Crippen molar-refractivity contribution in [3.05, 3.63) is 63.2 Å². The van der Waals surface area contributed by atoms with Gasteiger partial charge in [0.25, 0.3) is 5.56 Å². The SMILES string of the molecule is O=c1ccc(Br)cn1CC1(O)CCN(c2ccccc2F)CC1. The van der Waals surface area contributed by atoms with Crippen LogP contribution in [0.2, 0.25) is 0 Å². The summed E-state index contributed by atoms with van der Waals surface area (Å²) in [6.45, 7) is 1.36. The van der Waals surface area contributed by atoms with E-state index in [1.165, 1.54) is 16.7 Å². The van der Waals surface area contributed by atoms with Crippen molar-refractivity contribution in [2.75, 3.05) is 18.0 Å². The van der Waals surface area contributed by atoms with Gasteiger partial charge in [0, 0.05) is 29.8 Å². The van der Waals surface area contributed by atoms with Gasteiger partial charge >= 0.3 is 0 Å². The van der Waals surface area contributed by atoms with E-state index in [0.717, 1.165) is 4.47 Å². The predicted octanol–water partition coefficient (Wildman–Crippen LogP) is 2.78. The molecule has 0 atom stereocenters. The van der Waals surface area contributed by atoms with Crippen LogP contribution in [0.4, 0.5) is 10.1 Å². The molecule has 1 N–H and O–H groups in total. The molecule has 1 aliphatic heterocycles. The van der Waals surface area contributed by atoms with E-state index in [1.807, 2.05) is 4.90 Å². The Bertz CT molecular complexity index is 754. The lowest BCUT2D eigenvalue weighted by Gasteiger charge is -2.39. The normalized spacial score (nSPS) is 17.3. The van der Waals surface area contributed by atoms with Crippen LogP contribution in [-0.2, 0) is 6.54 Å². The molecule has 122 valence electrons. The average Bonchev–Trinajstić information content (AvgIpc) is 2.52. The molecule has 1 aromatic carbocycles. The van der Waals surface area contributed by atoms with Crippen LogP contribution in [0.15, 0.2) is 51.9 Å². The van der Waals surface area contributed by atoms with E-state index in [-0.39, 0.29) is 17.9 Å². The summed E-state index contributed by atoms with van der Waals surface area (Å²) in [6.07, 6.45) is 2.66. The van der Waals surface area contributed by atoms with Crippen LogP contribution in [0.25, 0.3) is 0 Å². The summed E-state index contributed by atoms with van der Waals surface area (Å²) >= 11 is 3.34. The number of aromatic nitrogens is 1. The van der Waals surface area contributed by atoms with E-state index in [0.29, 0.717) is 31.6 Å². The molecule has 0 amide bonds. The van der Waals surface area contributed by atoms with Crippen molar-refractivity contribution < 1.29 is 9.50 Å². The van der Waals surface area contributed by atoms with Gasteiger partial charge in [0.05, 0.1) is 17.8 Å². The van der Waals surface area contributed by atoms with E-state index < -0.39 is 5.60 Å². The molecule has 0 radical (unpaired) electrons. The van der Waals surface area contributed by atoms with E-state index in [4.69, 9.17) is 0 Å². The maximum atomic E-state index is 13.9. The van der Waals surface area contributed by atoms with Crippen LogP contribution in [0.5, 0.6) is 0 Å². The van der Waals surface area contributed by atoms with E-state index in [1.54, 1.807) is 30.5 Å². The highest BCUT2D eigenvalue weighted by molar-refractivity contribution is 9.10. The molecule has 2 aromatic rings. The summed E-state index contributed by atoms with van der Waals surface area (Å²) in [6, 6.07) is 9.82. The summed E-state index contributed by atoms with van der Waals surface area (Å²) < 4.78 is 16.2. The molecule has 6 heteroatoms. The summed E-state index contributed by atoms with van der Waals surface area (Å²) in [5.74, 6) is -0.249. The van der Waals surface area contributed by atoms with Gasteiger partial charge in [0.15, 0.2) is 0 Å². The second-order valence-corrected chi connectivity index (χ2v) is 6.89. The number of halogens is 2. The molecule has 0 bridgehead atoms. The third-order valence-corrected chi connectivity index (χ3v) is 4.77. The molecular formula is C17H18BrFN2O2. The van der Waals surface area contributed by atoms with Gasteiger partial charge in [-0.05, 0) is 47.0 Å². The van der Waals surface area contributed by atoms with Gasteiger partial charge in [-0.1, -0.05) is 12.1 Å². The Hall–Kier alpha value is -1.66. The number of pyridine rings is 1. The Morgan fingerprint density at radius 3 is 2.57 bits per heavy atom. The molecular weight excluding hydrogens is 363 g/mol. The molecule has 1 fully saturated rings. The average molecular weight is 381 g/mol. The minimum atomic E-state index is -0.952. The van der Waals surface area contributed by atoms with Crippen LogP contribution in [-0.4, -0.2) is 28.4 Å². The Kier molecular flexibility index (Phi) is 4.55. The molecule has 0 unspecified atom stereocenters. The molecule has 0 saturated carbocycles. The lowest BCUT2D eigenvalue weighted by atomic mass is 9.91. The minimum absolute atomic E-state index is 0.141. The summed E-state index contributed by atoms with van der Waals surface area (Å²) in [5.41, 5.74) is -0.529. The third-order valence-electron chi connectivity index (χ3n) is 4.30. The lowest BCUT2D eigenvalue weighted by Crippen LogP contribution is -2.48. The molecule has 1 aliphatic rings. The van der Waals surface area contributed by atoms with E-state index in [2.05, 4.69) is 15.9 Å². The van der Waals surface area contributed by atoms with E-state index in [9.17, 15) is 14.3 Å². The first kappa shape index (κ1) is 16.2. The fourth-order valence-electron chi connectivity index (χ4n) is 2.97. The van der Waals surface area contributed by atoms with Crippen molar-refractivity contribution in [2.45, 2.75) is 25.0 Å². The summed E-state index contributed by atoms with van der Waals surface area (Å²) in [7, 11) is 0. The number of hydrogen-bond donors (Lipinski definition) is 1. The molecule has 0 aliphatic carbocycles. The maximum Gasteiger partial charge on any atom is 0.250 e. The van der Waals surface area contributed by atoms with Crippen LogP contribution in [0, 0.1) is 5.82 Å². The highest BCUT2D eigenvalue weighted by Gasteiger charge is 2.33. The van der Waals surface area contributed by atoms with Gasteiger partial charge in [0.1, 0.15) is 5.82 Å². The second-order valence-electron chi connectivity index (χ2n) is 5.98. The zero-order valence-electron chi connectivity index (χ0n) is 12.6. The van der Waals surface area contributed by atoms with Gasteiger partial charge in [-0.15, -0.1) is 0 Å². The standard InChI is InChI=1S/C17H18BrFN2O2/c18-13-5-6-16(22)21(11-13)12-17(23)7-9-20(10-8-17)15-4-2-1-3-14(15)19/h1-6,11,23H,7-10,12H2. The summed E-state index contributed by atoms with van der Waals surface area (Å²) in [4.78, 5) is 13.8. The maximum absolute atomic E-state index is 13.9. The predicted molar refractivity (Wildman–Crippen MR) is 91.2 cm³/mol. The molecule has 0 spiro atoms. The fraction of sp³-hybridized carbons (Fsp3) is 0.353. The van der Waals surface area contributed by atoms with Crippen LogP contribution in [0.1, 0.15) is 12.8 Å². The van der Waals surface area contributed by atoms with Crippen LogP contribution < -0.4 is 10.5 Å². The highest BCUT2D eigenvalue weighted by Crippen LogP contribution is 2.29. The number of hydrogen-bond acceptors (Lipinski definition) is 3. The number of anilines is 1. The first-order valence-corrected chi connectivity index (χ1v) is 8.34. The Morgan fingerprint density at radius 2 is 1.87 bits per heavy atom. The minimum Gasteiger partial charge on any atom is -0.388 e. The quantitative estimate of drug-likeness (QED) is 0.890. The first-order valence-electron chi connectivity index (χ1n) is 7.55. The third kappa shape index (κ3) is 3.64. The van der Waals surface area contributed by atoms with Gasteiger partial charge in [-0.25, -0.2) is 4.39 Å². The topological polar surface area (TPSA) is 45.5 Å². The molecule has 4 nitrogen and oxygen atoms in total. The smallest absolute Gasteiger partial charge is 0.250 e. The van der Waals surface area contributed by atoms with Crippen LogP contribution >= 0.6 is 15.9 Å². The monoisotopic (exact) mass is 380 g/mol. The second kappa shape index (κ2) is 6.45. The number of nitrogens with zero attached hydrogens (tertiary/aromatic N) is 2. The molecule has 1 saturated heterocycles. The highest BCUT2D eigenvalue weighted by atomic mass is 79.9. The number of rotatable bonds is 3. The zero-order valence-corrected chi connectivity index (χ0v) is 14.2. The van der Waals surface area contributed by atoms with Crippen molar-refractivity contribution in [1.29, 1.82) is 0 Å². The van der Waals surface area contributed by atoms with Gasteiger partial charge in [-0.2, -0.15) is 0 Å². The van der Waals surface area contributed by atoms with Gasteiger partial charge < -0.3 is 14.6 Å². The van der Waals surface area contributed by atoms with Crippen molar-refractivity contribution in [1.82, 2.24) is 4.57 Å². The zero-order chi connectivity index (χ0) is 16.4. The Morgan fingerprint density at radius 1 is 1.17 bits per heavy atom.